The van der Waals surface area contributed by atoms with Crippen LogP contribution in [0.3, 0.4) is 0 Å². The summed E-state index contributed by atoms with van der Waals surface area (Å²) in [6, 6.07) is 14.2. The Morgan fingerprint density at radius 2 is 1.83 bits per heavy atom. The zero-order chi connectivity index (χ0) is 19.8. The quantitative estimate of drug-likeness (QED) is 0.244. The van der Waals surface area contributed by atoms with Gasteiger partial charge in [-0.15, -0.1) is 24.0 Å². The predicted molar refractivity (Wildman–Crippen MR) is 130 cm³/mol. The van der Waals surface area contributed by atoms with Crippen LogP contribution >= 0.6 is 24.0 Å². The number of guanidine groups is 1. The summed E-state index contributed by atoms with van der Waals surface area (Å²) in [4.78, 5) is 8.01. The first kappa shape index (κ1) is 22.9. The molecule has 2 aromatic carbocycles. The van der Waals surface area contributed by atoms with Crippen molar-refractivity contribution >= 4 is 40.8 Å². The third kappa shape index (κ3) is 6.03. The molecule has 3 aromatic rings. The Balaban J connectivity index is 0.00000300. The van der Waals surface area contributed by atoms with Crippen molar-refractivity contribution in [3.8, 4) is 11.5 Å². The summed E-state index contributed by atoms with van der Waals surface area (Å²) in [7, 11) is 3.28. The molecule has 1 heterocycles. The highest BCUT2D eigenvalue weighted by Gasteiger charge is 2.06. The third-order valence-electron chi connectivity index (χ3n) is 4.57. The molecule has 0 aliphatic carbocycles. The summed E-state index contributed by atoms with van der Waals surface area (Å²) in [6.07, 6.45) is 3.00. The fraction of sp³-hybridized carbons (Fsp3) is 0.318. The second-order valence-corrected chi connectivity index (χ2v) is 6.42. The molecule has 3 N–H and O–H groups in total. The van der Waals surface area contributed by atoms with Crippen LogP contribution in [0, 0.1) is 0 Å². The molecule has 0 atom stereocenters. The molecule has 6 nitrogen and oxygen atoms in total. The monoisotopic (exact) mass is 508 g/mol. The smallest absolute Gasteiger partial charge is 0.191 e. The molecule has 0 unspecified atom stereocenters. The molecule has 0 radical (unpaired) electrons. The van der Waals surface area contributed by atoms with Gasteiger partial charge in [-0.05, 0) is 42.7 Å². The fourth-order valence-electron chi connectivity index (χ4n) is 3.15. The normalized spacial score (nSPS) is 11.1. The summed E-state index contributed by atoms with van der Waals surface area (Å²) < 4.78 is 10.7. The lowest BCUT2D eigenvalue weighted by Crippen LogP contribution is -2.38. The molecule has 0 fully saturated rings. The second-order valence-electron chi connectivity index (χ2n) is 6.42. The molecule has 0 saturated heterocycles. The molecule has 0 aliphatic rings. The Hall–Kier alpha value is -2.42. The first-order chi connectivity index (χ1) is 13.7. The Morgan fingerprint density at radius 1 is 1.03 bits per heavy atom. The standard InChI is InChI=1S/C22H28N4O2.HI/c1-4-23-22(26-14-16-9-10-20(27-2)21(13-16)28-3)24-12-11-17-15-25-19-8-6-5-7-18(17)19;/h5-10,13,15,25H,4,11-12,14H2,1-3H3,(H2,23,24,26);1H. The first-order valence-electron chi connectivity index (χ1n) is 9.53. The first-order valence-corrected chi connectivity index (χ1v) is 9.53. The van der Waals surface area contributed by atoms with Gasteiger partial charge in [0.15, 0.2) is 17.5 Å². The molecule has 1 aromatic heterocycles. The van der Waals surface area contributed by atoms with Gasteiger partial charge in [0.2, 0.25) is 0 Å². The number of ether oxygens (including phenoxy) is 2. The van der Waals surface area contributed by atoms with Crippen LogP contribution in [0.5, 0.6) is 11.5 Å². The number of fused-ring (bicyclic) bond motifs is 1. The lowest BCUT2D eigenvalue weighted by molar-refractivity contribution is 0.354. The maximum Gasteiger partial charge on any atom is 0.191 e. The zero-order valence-corrected chi connectivity index (χ0v) is 19.4. The molecule has 0 saturated carbocycles. The van der Waals surface area contributed by atoms with E-state index in [1.165, 1.54) is 16.5 Å². The Labute approximate surface area is 189 Å². The van der Waals surface area contributed by atoms with Gasteiger partial charge >= 0.3 is 0 Å². The number of rotatable bonds is 8. The van der Waals surface area contributed by atoms with Crippen molar-refractivity contribution in [3.63, 3.8) is 0 Å². The van der Waals surface area contributed by atoms with Crippen LogP contribution in [0.1, 0.15) is 18.1 Å². The van der Waals surface area contributed by atoms with Gasteiger partial charge in [-0.2, -0.15) is 0 Å². The topological polar surface area (TPSA) is 70.7 Å². The highest BCUT2D eigenvalue weighted by Crippen LogP contribution is 2.27. The number of aliphatic imine (C=N–C) groups is 1. The summed E-state index contributed by atoms with van der Waals surface area (Å²) in [6.45, 7) is 4.24. The highest BCUT2D eigenvalue weighted by molar-refractivity contribution is 14.0. The minimum atomic E-state index is 0. The van der Waals surface area contributed by atoms with Crippen LogP contribution in [-0.4, -0.2) is 38.3 Å². The molecule has 156 valence electrons. The Kier molecular flexibility index (Phi) is 9.11. The number of hydrogen-bond acceptors (Lipinski definition) is 3. The van der Waals surface area contributed by atoms with Crippen LogP contribution in [-0.2, 0) is 13.0 Å². The lowest BCUT2D eigenvalue weighted by atomic mass is 10.1. The van der Waals surface area contributed by atoms with Crippen LogP contribution < -0.4 is 20.1 Å². The van der Waals surface area contributed by atoms with Crippen molar-refractivity contribution in [1.82, 2.24) is 15.6 Å². The maximum atomic E-state index is 5.36. The highest BCUT2D eigenvalue weighted by atomic mass is 127. The number of nitrogens with zero attached hydrogens (tertiary/aromatic N) is 1. The SMILES string of the molecule is CCNC(=NCc1ccc(OC)c(OC)c1)NCCc1c[nH]c2ccccc12.I. The molecule has 29 heavy (non-hydrogen) atoms. The van der Waals surface area contributed by atoms with Gasteiger partial charge in [-0.25, -0.2) is 4.99 Å². The summed E-state index contributed by atoms with van der Waals surface area (Å²) >= 11 is 0. The molecule has 0 bridgehead atoms. The van der Waals surface area contributed by atoms with Crippen molar-refractivity contribution in [2.24, 2.45) is 4.99 Å². The predicted octanol–water partition coefficient (Wildman–Crippen LogP) is 4.10. The van der Waals surface area contributed by atoms with Gasteiger partial charge in [0.1, 0.15) is 0 Å². The average Bonchev–Trinajstić information content (AvgIpc) is 3.15. The minimum absolute atomic E-state index is 0. The number of benzene rings is 2. The summed E-state index contributed by atoms with van der Waals surface area (Å²) in [5.74, 6) is 2.24. The molecule has 0 aliphatic heterocycles. The van der Waals surface area contributed by atoms with Crippen molar-refractivity contribution in [2.75, 3.05) is 27.3 Å². The number of aromatic nitrogens is 1. The van der Waals surface area contributed by atoms with Crippen molar-refractivity contribution in [3.05, 3.63) is 59.8 Å². The number of H-pyrrole nitrogens is 1. The van der Waals surface area contributed by atoms with Gasteiger partial charge in [-0.3, -0.25) is 0 Å². The van der Waals surface area contributed by atoms with E-state index in [0.717, 1.165) is 36.8 Å². The van der Waals surface area contributed by atoms with Crippen LogP contribution in [0.2, 0.25) is 0 Å². The van der Waals surface area contributed by atoms with Crippen molar-refractivity contribution in [1.29, 1.82) is 0 Å². The number of nitrogens with one attached hydrogen (secondary N) is 3. The number of hydrogen-bond donors (Lipinski definition) is 3. The molecule has 7 heteroatoms. The fourth-order valence-corrected chi connectivity index (χ4v) is 3.15. The zero-order valence-electron chi connectivity index (χ0n) is 17.1. The molecular formula is C22H29IN4O2. The lowest BCUT2D eigenvalue weighted by Gasteiger charge is -2.12. The summed E-state index contributed by atoms with van der Waals surface area (Å²) in [5.41, 5.74) is 3.54. The number of methoxy groups -OCH3 is 2. The maximum absolute atomic E-state index is 5.36. The van der Waals surface area contributed by atoms with Gasteiger partial charge in [-0.1, -0.05) is 24.3 Å². The van der Waals surface area contributed by atoms with E-state index < -0.39 is 0 Å². The second kappa shape index (κ2) is 11.5. The van der Waals surface area contributed by atoms with Crippen molar-refractivity contribution in [2.45, 2.75) is 19.9 Å². The van der Waals surface area contributed by atoms with E-state index in [9.17, 15) is 0 Å². The molecule has 0 amide bonds. The largest absolute Gasteiger partial charge is 0.493 e. The van der Waals surface area contributed by atoms with Gasteiger partial charge in [0, 0.05) is 30.2 Å². The number of para-hydroxylation sites is 1. The average molecular weight is 508 g/mol. The van der Waals surface area contributed by atoms with E-state index in [2.05, 4.69) is 51.9 Å². The minimum Gasteiger partial charge on any atom is -0.493 e. The molecule has 3 rings (SSSR count). The molecular weight excluding hydrogens is 479 g/mol. The Bertz CT molecular complexity index is 939. The van der Waals surface area contributed by atoms with E-state index in [4.69, 9.17) is 9.47 Å². The number of halogens is 1. The van der Waals surface area contributed by atoms with Gasteiger partial charge in [0.25, 0.3) is 0 Å². The van der Waals surface area contributed by atoms with Gasteiger partial charge < -0.3 is 25.1 Å². The Morgan fingerprint density at radius 3 is 2.59 bits per heavy atom. The van der Waals surface area contributed by atoms with Gasteiger partial charge in [0.05, 0.1) is 20.8 Å². The third-order valence-corrected chi connectivity index (χ3v) is 4.57. The summed E-state index contributed by atoms with van der Waals surface area (Å²) in [5, 5.41) is 7.99. The number of aromatic amines is 1. The van der Waals surface area contributed by atoms with Crippen LogP contribution in [0.25, 0.3) is 10.9 Å². The van der Waals surface area contributed by atoms with E-state index in [1.54, 1.807) is 14.2 Å². The van der Waals surface area contributed by atoms with Crippen LogP contribution in [0.4, 0.5) is 0 Å². The van der Waals surface area contributed by atoms with E-state index in [-0.39, 0.29) is 24.0 Å². The van der Waals surface area contributed by atoms with Crippen LogP contribution in [0.15, 0.2) is 53.7 Å². The van der Waals surface area contributed by atoms with E-state index in [1.807, 2.05) is 24.3 Å². The van der Waals surface area contributed by atoms with E-state index >= 15 is 0 Å². The van der Waals surface area contributed by atoms with Crippen molar-refractivity contribution < 1.29 is 9.47 Å². The molecule has 0 spiro atoms. The van der Waals surface area contributed by atoms with E-state index in [0.29, 0.717) is 12.3 Å².